The van der Waals surface area contributed by atoms with E-state index in [1.54, 1.807) is 0 Å². The second-order valence-corrected chi connectivity index (χ2v) is 19.4. The van der Waals surface area contributed by atoms with Crippen molar-refractivity contribution in [2.24, 2.45) is 0 Å². The normalized spacial score (nSPS) is 25.6. The zero-order valence-electron chi connectivity index (χ0n) is 43.3. The van der Waals surface area contributed by atoms with E-state index in [4.69, 9.17) is 28.4 Å². The molecule has 2 saturated heterocycles. The lowest BCUT2D eigenvalue weighted by Gasteiger charge is -2.42. The van der Waals surface area contributed by atoms with E-state index in [9.17, 15) is 45.3 Å². The molecule has 15 nitrogen and oxygen atoms in total. The minimum absolute atomic E-state index is 0.135. The Morgan fingerprint density at radius 3 is 1.40 bits per heavy atom. The topological polar surface area (TPSA) is 231 Å². The summed E-state index contributed by atoms with van der Waals surface area (Å²) in [7, 11) is 0. The monoisotopic (exact) mass is 999 g/mol. The van der Waals surface area contributed by atoms with Gasteiger partial charge >= 0.3 is 11.9 Å². The Morgan fingerprint density at radius 2 is 0.857 bits per heavy atom. The maximum absolute atomic E-state index is 13.0. The summed E-state index contributed by atoms with van der Waals surface area (Å²) in [5, 5.41) is 72.2. The van der Waals surface area contributed by atoms with Crippen LogP contribution in [0, 0.1) is 0 Å². The minimum atomic E-state index is -1.77. The van der Waals surface area contributed by atoms with Crippen LogP contribution in [0.4, 0.5) is 0 Å². The van der Waals surface area contributed by atoms with Gasteiger partial charge in [-0.25, -0.2) is 0 Å². The van der Waals surface area contributed by atoms with Crippen molar-refractivity contribution < 1.29 is 73.8 Å². The summed E-state index contributed by atoms with van der Waals surface area (Å²) in [5.41, 5.74) is 0. The van der Waals surface area contributed by atoms with Crippen molar-refractivity contribution >= 4 is 11.9 Å². The van der Waals surface area contributed by atoms with Gasteiger partial charge in [0.1, 0.15) is 55.4 Å². The van der Waals surface area contributed by atoms with Crippen LogP contribution in [-0.4, -0.2) is 142 Å². The van der Waals surface area contributed by atoms with Gasteiger partial charge in [0.2, 0.25) is 0 Å². The molecule has 0 spiro atoms. The Kier molecular flexibility index (Phi) is 38.4. The van der Waals surface area contributed by atoms with Crippen molar-refractivity contribution in [2.45, 2.75) is 274 Å². The Morgan fingerprint density at radius 1 is 0.457 bits per heavy atom. The minimum Gasteiger partial charge on any atom is -0.462 e. The third-order valence-electron chi connectivity index (χ3n) is 13.1. The first kappa shape index (κ1) is 63.8. The van der Waals surface area contributed by atoms with E-state index in [0.717, 1.165) is 51.4 Å². The van der Waals surface area contributed by atoms with Crippen LogP contribution in [0.2, 0.25) is 0 Å². The number of aliphatic hydroxyl groups is 7. The van der Waals surface area contributed by atoms with E-state index in [2.05, 4.69) is 50.3 Å². The molecule has 0 aromatic carbocycles. The van der Waals surface area contributed by atoms with Crippen LogP contribution >= 0.6 is 0 Å². The summed E-state index contributed by atoms with van der Waals surface area (Å²) < 4.78 is 33.6. The molecule has 0 aromatic heterocycles. The number of hydrogen-bond acceptors (Lipinski definition) is 15. The van der Waals surface area contributed by atoms with Gasteiger partial charge in [0.05, 0.1) is 19.8 Å². The lowest BCUT2D eigenvalue weighted by Crippen LogP contribution is -2.61. The van der Waals surface area contributed by atoms with Gasteiger partial charge in [-0.1, -0.05) is 159 Å². The average molecular weight is 999 g/mol. The van der Waals surface area contributed by atoms with E-state index in [1.165, 1.54) is 116 Å². The van der Waals surface area contributed by atoms with Crippen molar-refractivity contribution in [1.82, 2.24) is 0 Å². The highest BCUT2D eigenvalue weighted by atomic mass is 16.7. The molecule has 0 amide bonds. The van der Waals surface area contributed by atoms with Gasteiger partial charge in [0.25, 0.3) is 0 Å². The van der Waals surface area contributed by atoms with Crippen LogP contribution in [0.15, 0.2) is 36.5 Å². The molecule has 4 unspecified atom stereocenters. The number of unbranched alkanes of at least 4 members (excludes halogenated alkanes) is 23. The van der Waals surface area contributed by atoms with E-state index in [-0.39, 0.29) is 26.1 Å². The van der Waals surface area contributed by atoms with Crippen molar-refractivity contribution in [3.05, 3.63) is 36.5 Å². The maximum Gasteiger partial charge on any atom is 0.306 e. The molecule has 0 saturated carbocycles. The number of ether oxygens (including phenoxy) is 6. The molecule has 0 bridgehead atoms. The van der Waals surface area contributed by atoms with Gasteiger partial charge in [-0.15, -0.1) is 0 Å². The van der Waals surface area contributed by atoms with Crippen molar-refractivity contribution in [2.75, 3.05) is 26.4 Å². The van der Waals surface area contributed by atoms with E-state index < -0.39 is 92.7 Å². The molecule has 2 fully saturated rings. The first-order chi connectivity index (χ1) is 34.0. The molecule has 0 aliphatic carbocycles. The van der Waals surface area contributed by atoms with Gasteiger partial charge < -0.3 is 64.2 Å². The smallest absolute Gasteiger partial charge is 0.306 e. The molecule has 15 heteroatoms. The summed E-state index contributed by atoms with van der Waals surface area (Å²) in [6, 6.07) is 0. The average Bonchev–Trinajstić information content (AvgIpc) is 3.35. The lowest BCUT2D eigenvalue weighted by molar-refractivity contribution is -0.332. The molecule has 0 aromatic rings. The number of aliphatic hydroxyl groups excluding tert-OH is 7. The predicted octanol–water partition coefficient (Wildman–Crippen LogP) is 8.49. The highest BCUT2D eigenvalue weighted by Gasteiger charge is 2.47. The van der Waals surface area contributed by atoms with Crippen molar-refractivity contribution in [3.8, 4) is 0 Å². The lowest BCUT2D eigenvalue weighted by atomic mass is 9.98. The van der Waals surface area contributed by atoms with Gasteiger partial charge in [-0.05, 0) is 70.6 Å². The summed E-state index contributed by atoms with van der Waals surface area (Å²) >= 11 is 0. The number of hydrogen-bond donors (Lipinski definition) is 7. The zero-order valence-corrected chi connectivity index (χ0v) is 43.3. The molecule has 70 heavy (non-hydrogen) atoms. The Hall–Kier alpha value is -2.28. The number of rotatable bonds is 43. The summed E-state index contributed by atoms with van der Waals surface area (Å²) in [5.74, 6) is -0.951. The van der Waals surface area contributed by atoms with Crippen LogP contribution in [-0.2, 0) is 38.0 Å². The molecule has 408 valence electrons. The van der Waals surface area contributed by atoms with E-state index in [1.807, 2.05) is 0 Å². The maximum atomic E-state index is 13.0. The van der Waals surface area contributed by atoms with Crippen molar-refractivity contribution in [1.29, 1.82) is 0 Å². The molecular weight excluding hydrogens is 901 g/mol. The van der Waals surface area contributed by atoms with Gasteiger partial charge in [0, 0.05) is 12.8 Å². The summed E-state index contributed by atoms with van der Waals surface area (Å²) in [6.07, 6.45) is 28.8. The number of allylic oxidation sites excluding steroid dienone is 6. The molecule has 7 N–H and O–H groups in total. The SMILES string of the molecule is CCCCC/C=C/C/C=C/CCCCCCCCCCCC(=O)OC[C@@H](CO[C@@H]1O[C@H](CO[C@@H]2O[C@H](CO)[C@H](O)C(O)C2O)[C@H](O)C(O)C1O)OC(=O)CCCC/C=C/CCCCCCCCCCC. The fourth-order valence-electron chi connectivity index (χ4n) is 8.54. The molecule has 2 rings (SSSR count). The van der Waals surface area contributed by atoms with Gasteiger partial charge in [-0.3, -0.25) is 9.59 Å². The van der Waals surface area contributed by atoms with Crippen molar-refractivity contribution in [3.63, 3.8) is 0 Å². The Balaban J connectivity index is 1.78. The molecule has 2 aliphatic heterocycles. The zero-order chi connectivity index (χ0) is 51.0. The summed E-state index contributed by atoms with van der Waals surface area (Å²) in [4.78, 5) is 25.8. The van der Waals surface area contributed by atoms with Gasteiger partial charge in [0.15, 0.2) is 18.7 Å². The number of carbonyl (C=O) groups is 2. The molecule has 2 heterocycles. The summed E-state index contributed by atoms with van der Waals surface area (Å²) in [6.45, 7) is 2.56. The largest absolute Gasteiger partial charge is 0.462 e. The van der Waals surface area contributed by atoms with Crippen LogP contribution in [0.5, 0.6) is 0 Å². The van der Waals surface area contributed by atoms with Crippen LogP contribution in [0.25, 0.3) is 0 Å². The quantitative estimate of drug-likeness (QED) is 0.0173. The second kappa shape index (κ2) is 42.1. The first-order valence-corrected chi connectivity index (χ1v) is 27.6. The first-order valence-electron chi connectivity index (χ1n) is 27.6. The fraction of sp³-hybridized carbons (Fsp3) is 0.855. The van der Waals surface area contributed by atoms with Crippen LogP contribution < -0.4 is 0 Å². The highest BCUT2D eigenvalue weighted by molar-refractivity contribution is 5.70. The molecule has 0 radical (unpaired) electrons. The standard InChI is InChI=1S/C55H98O15/c1-3-5-7-9-11-13-15-17-19-20-21-22-24-25-27-29-31-33-35-37-46(57)65-40-43(68-47(58)38-36-34-32-30-28-26-23-18-16-14-12-10-8-6-4-2)41-66-54-53(64)51(62)49(60)45(70-54)42-67-55-52(63)50(61)48(59)44(39-56)69-55/h11,13,17,19,28,30,43-45,48-56,59-64H,3-10,12,14-16,18,20-27,29,31-42H2,1-2H3/b13-11+,19-17+,30-28+/t43-,44+,45+,48-,49-,50?,51?,52?,53?,54+,55+/m0/s1. The highest BCUT2D eigenvalue weighted by Crippen LogP contribution is 2.26. The third-order valence-corrected chi connectivity index (χ3v) is 13.1. The van der Waals surface area contributed by atoms with Gasteiger partial charge in [-0.2, -0.15) is 0 Å². The Labute approximate surface area is 421 Å². The van der Waals surface area contributed by atoms with Crippen LogP contribution in [0.1, 0.15) is 206 Å². The third kappa shape index (κ3) is 29.4. The Bertz CT molecular complexity index is 1360. The van der Waals surface area contributed by atoms with E-state index in [0.29, 0.717) is 12.8 Å². The number of carbonyl (C=O) groups excluding carboxylic acids is 2. The number of esters is 2. The molecule has 11 atom stereocenters. The predicted molar refractivity (Wildman–Crippen MR) is 270 cm³/mol. The second-order valence-electron chi connectivity index (χ2n) is 19.4. The van der Waals surface area contributed by atoms with E-state index >= 15 is 0 Å². The van der Waals surface area contributed by atoms with Crippen LogP contribution in [0.3, 0.4) is 0 Å². The molecular formula is C55H98O15. The molecule has 2 aliphatic rings. The fourth-order valence-corrected chi connectivity index (χ4v) is 8.54.